The van der Waals surface area contributed by atoms with Crippen molar-refractivity contribution in [2.24, 2.45) is 5.92 Å². The molecule has 2 aliphatic carbocycles. The quantitative estimate of drug-likeness (QED) is 0.485. The van der Waals surface area contributed by atoms with Gasteiger partial charge in [-0.05, 0) is 0 Å². The number of anilines is 1. The maximum atomic E-state index is 6.48. The van der Waals surface area contributed by atoms with E-state index in [0.717, 1.165) is 25.5 Å². The van der Waals surface area contributed by atoms with Gasteiger partial charge in [0.25, 0.3) is 0 Å². The molecule has 1 aromatic rings. The van der Waals surface area contributed by atoms with Crippen LogP contribution in [0.25, 0.3) is 0 Å². The van der Waals surface area contributed by atoms with E-state index in [4.69, 9.17) is 11.6 Å². The van der Waals surface area contributed by atoms with E-state index in [0.29, 0.717) is 0 Å². The summed E-state index contributed by atoms with van der Waals surface area (Å²) in [6.45, 7) is 0. The first-order chi connectivity index (χ1) is 11.2. The van der Waals surface area contributed by atoms with E-state index < -0.39 is 21.1 Å². The number of nitrogens with zero attached hydrogens (tertiary/aromatic N) is 1. The Labute approximate surface area is 163 Å². The monoisotopic (exact) mass is 501 g/mol. The predicted molar refractivity (Wildman–Crippen MR) is 104 cm³/mol. The van der Waals surface area contributed by atoms with Crippen molar-refractivity contribution in [2.75, 3.05) is 4.90 Å². The van der Waals surface area contributed by atoms with Crippen LogP contribution in [0.15, 0.2) is 16.6 Å². The molecule has 1 aliphatic heterocycles. The molecule has 1 aromatic carbocycles. The van der Waals surface area contributed by atoms with Gasteiger partial charge in [-0.1, -0.05) is 0 Å². The first-order valence-corrected chi connectivity index (χ1v) is 13.5. The summed E-state index contributed by atoms with van der Waals surface area (Å²) in [6.07, 6.45) is 14.4. The Hall–Kier alpha value is 0.589. The number of hydrogen-bond donors (Lipinski definition) is 0. The zero-order valence-corrected chi connectivity index (χ0v) is 18.9. The molecule has 2 saturated carbocycles. The van der Waals surface area contributed by atoms with Gasteiger partial charge in [0, 0.05) is 0 Å². The molecule has 3 aliphatic rings. The Morgan fingerprint density at radius 2 is 1.61 bits per heavy atom. The summed E-state index contributed by atoms with van der Waals surface area (Å²) in [5.41, 5.74) is 1.52. The molecule has 0 saturated heterocycles. The molecule has 23 heavy (non-hydrogen) atoms. The van der Waals surface area contributed by atoms with Gasteiger partial charge < -0.3 is 0 Å². The van der Waals surface area contributed by atoms with Crippen molar-refractivity contribution >= 4 is 57.9 Å². The number of halogens is 2. The number of fused-ring (bicyclic) bond motifs is 1. The Morgan fingerprint density at radius 3 is 2.30 bits per heavy atom. The van der Waals surface area contributed by atoms with Gasteiger partial charge in [-0.15, -0.1) is 0 Å². The molecule has 1 heterocycles. The van der Waals surface area contributed by atoms with Gasteiger partial charge in [0.1, 0.15) is 0 Å². The molecule has 1 nitrogen and oxygen atoms in total. The van der Waals surface area contributed by atoms with E-state index in [2.05, 4.69) is 33.0 Å². The van der Waals surface area contributed by atoms with Crippen LogP contribution in [0.4, 0.5) is 5.69 Å². The van der Waals surface area contributed by atoms with Crippen molar-refractivity contribution in [1.29, 1.82) is 0 Å². The Bertz CT molecular complexity index is 567. The van der Waals surface area contributed by atoms with Gasteiger partial charge in [0.15, 0.2) is 0 Å². The van der Waals surface area contributed by atoms with Gasteiger partial charge >= 0.3 is 165 Å². The van der Waals surface area contributed by atoms with Crippen molar-refractivity contribution < 1.29 is 0 Å². The maximum absolute atomic E-state index is 6.48. The molecular weight excluding hydrogens is 476 g/mol. The Kier molecular flexibility index (Phi) is 5.52. The first-order valence-electron chi connectivity index (χ1n) is 9.28. The zero-order valence-electron chi connectivity index (χ0n) is 13.7. The van der Waals surface area contributed by atoms with Gasteiger partial charge in [-0.2, -0.15) is 0 Å². The average molecular weight is 501 g/mol. The van der Waals surface area contributed by atoms with Crippen molar-refractivity contribution in [3.63, 3.8) is 0 Å². The minimum absolute atomic E-state index is 0.559. The molecule has 4 heteroatoms. The van der Waals surface area contributed by atoms with Gasteiger partial charge in [-0.25, -0.2) is 0 Å². The summed E-state index contributed by atoms with van der Waals surface area (Å²) in [5.74, 6) is 0.960. The third kappa shape index (κ3) is 3.46. The molecule has 0 unspecified atom stereocenters. The summed E-state index contributed by atoms with van der Waals surface area (Å²) in [5, 5.41) is 0.897. The van der Waals surface area contributed by atoms with E-state index in [1.165, 1.54) is 69.9 Å². The molecular formula is C19H25BrClNSn. The van der Waals surface area contributed by atoms with Crippen LogP contribution in [0.2, 0.25) is 5.02 Å². The van der Waals surface area contributed by atoms with Crippen LogP contribution in [0, 0.1) is 5.92 Å². The van der Waals surface area contributed by atoms with E-state index in [1.54, 1.807) is 3.58 Å². The molecule has 4 rings (SSSR count). The molecule has 0 spiro atoms. The fraction of sp³-hybridized carbons (Fsp3) is 0.684. The van der Waals surface area contributed by atoms with Crippen molar-refractivity contribution in [3.05, 3.63) is 21.6 Å². The minimum atomic E-state index is -0.559. The second kappa shape index (κ2) is 7.45. The zero-order chi connectivity index (χ0) is 15.8. The molecule has 124 valence electrons. The topological polar surface area (TPSA) is 3.24 Å². The van der Waals surface area contributed by atoms with Crippen LogP contribution in [0.3, 0.4) is 0 Å². The number of rotatable bonds is 2. The molecule has 0 bridgehead atoms. The standard InChI is InChI=1S/C19H25BrClN.Sn/c20-18-12-11-17(13-19(18)21)22(16-9-5-2-6-10-16)14-15-7-3-1-4-8-15;/h12-16H,1-10H2;. The molecule has 2 fully saturated rings. The van der Waals surface area contributed by atoms with Crippen LogP contribution < -0.4 is 8.48 Å². The van der Waals surface area contributed by atoms with Gasteiger partial charge in [0.05, 0.1) is 0 Å². The summed E-state index contributed by atoms with van der Waals surface area (Å²) < 4.78 is 3.68. The third-order valence-corrected chi connectivity index (χ3v) is 12.2. The van der Waals surface area contributed by atoms with Gasteiger partial charge in [0.2, 0.25) is 0 Å². The molecule has 0 N–H and O–H groups in total. The first kappa shape index (κ1) is 17.0. The average Bonchev–Trinajstić information content (AvgIpc) is 2.95. The van der Waals surface area contributed by atoms with Crippen LogP contribution >= 0.6 is 27.5 Å². The van der Waals surface area contributed by atoms with E-state index in [1.807, 2.05) is 0 Å². The summed E-state index contributed by atoms with van der Waals surface area (Å²) in [4.78, 5) is 2.90. The summed E-state index contributed by atoms with van der Waals surface area (Å²) in [7, 11) is 0. The van der Waals surface area contributed by atoms with Crippen molar-refractivity contribution in [3.8, 4) is 0 Å². The van der Waals surface area contributed by atoms with Crippen LogP contribution in [0.5, 0.6) is 0 Å². The Balaban J connectivity index is 1.68. The normalized spacial score (nSPS) is 26.5. The summed E-state index contributed by atoms with van der Waals surface area (Å²) >= 11 is 9.57. The van der Waals surface area contributed by atoms with E-state index in [-0.39, 0.29) is 0 Å². The fourth-order valence-corrected chi connectivity index (χ4v) is 11.5. The number of benzene rings is 1. The summed E-state index contributed by atoms with van der Waals surface area (Å²) in [6, 6.07) is 5.43. The predicted octanol–water partition coefficient (Wildman–Crippen LogP) is 5.49. The Morgan fingerprint density at radius 1 is 0.957 bits per heavy atom. The molecule has 1 atom stereocenters. The van der Waals surface area contributed by atoms with Gasteiger partial charge in [-0.3, -0.25) is 0 Å². The van der Waals surface area contributed by atoms with Crippen molar-refractivity contribution in [1.82, 2.24) is 0 Å². The van der Waals surface area contributed by atoms with E-state index in [9.17, 15) is 0 Å². The van der Waals surface area contributed by atoms with E-state index >= 15 is 0 Å². The number of hydrogen-bond acceptors (Lipinski definition) is 1. The second-order valence-electron chi connectivity index (χ2n) is 7.47. The second-order valence-corrected chi connectivity index (χ2v) is 12.8. The van der Waals surface area contributed by atoms with Crippen LogP contribution in [-0.4, -0.2) is 31.2 Å². The molecule has 0 aromatic heterocycles. The molecule has 2 radical (unpaired) electrons. The third-order valence-electron chi connectivity index (χ3n) is 5.98. The van der Waals surface area contributed by atoms with Crippen LogP contribution in [-0.2, 0) is 0 Å². The van der Waals surface area contributed by atoms with Crippen molar-refractivity contribution in [2.45, 2.75) is 74.3 Å². The fourth-order valence-electron chi connectivity index (χ4n) is 4.82. The molecule has 0 amide bonds. The SMILES string of the molecule is Clc1cc2[c](cc1Br)[Sn][C@H](C1CCCCC1)N2C1CCCCC1. The van der Waals surface area contributed by atoms with Crippen LogP contribution in [0.1, 0.15) is 64.2 Å².